The fourth-order valence-electron chi connectivity index (χ4n) is 1.72. The van der Waals surface area contributed by atoms with Gasteiger partial charge in [-0.15, -0.1) is 0 Å². The molecule has 0 aliphatic heterocycles. The molecule has 1 aromatic heterocycles. The van der Waals surface area contributed by atoms with Crippen LogP contribution in [0.15, 0.2) is 34.9 Å². The molecule has 0 bridgehead atoms. The highest BCUT2D eigenvalue weighted by atomic mass is 35.5. The molecule has 6 heteroatoms. The third-order valence-corrected chi connectivity index (χ3v) is 3.20. The van der Waals surface area contributed by atoms with Crippen molar-refractivity contribution >= 4 is 23.2 Å². The predicted octanol–water partition coefficient (Wildman–Crippen LogP) is 3.47. The average molecular weight is 289 g/mol. The highest BCUT2D eigenvalue weighted by Gasteiger charge is 2.18. The van der Waals surface area contributed by atoms with Gasteiger partial charge in [0.05, 0.1) is 12.3 Å². The van der Waals surface area contributed by atoms with Gasteiger partial charge in [0.1, 0.15) is 5.82 Å². The van der Waals surface area contributed by atoms with Crippen molar-refractivity contribution in [2.75, 3.05) is 0 Å². The second-order valence-corrected chi connectivity index (χ2v) is 4.59. The Bertz CT molecular complexity index is 545. The van der Waals surface area contributed by atoms with Crippen molar-refractivity contribution in [2.24, 2.45) is 5.84 Å². The van der Waals surface area contributed by atoms with Gasteiger partial charge in [0.25, 0.3) is 0 Å². The minimum Gasteiger partial charge on any atom is -0.453 e. The first-order valence-corrected chi connectivity index (χ1v) is 6.00. The van der Waals surface area contributed by atoms with Crippen LogP contribution in [0.3, 0.4) is 0 Å². The molecule has 2 rings (SSSR count). The number of nitrogens with one attached hydrogen (secondary N) is 1. The molecule has 0 amide bonds. The van der Waals surface area contributed by atoms with E-state index in [1.165, 1.54) is 12.3 Å². The smallest absolute Gasteiger partial charge is 0.197 e. The van der Waals surface area contributed by atoms with Crippen molar-refractivity contribution in [2.45, 2.75) is 12.5 Å². The van der Waals surface area contributed by atoms with Crippen LogP contribution in [0.4, 0.5) is 4.39 Å². The molecule has 1 atom stereocenters. The average Bonchev–Trinajstić information content (AvgIpc) is 2.75. The van der Waals surface area contributed by atoms with E-state index in [0.29, 0.717) is 22.6 Å². The molecular weight excluding hydrogens is 278 g/mol. The molecule has 3 nitrogen and oxygen atoms in total. The molecule has 1 heterocycles. The first kappa shape index (κ1) is 13.4. The third kappa shape index (κ3) is 2.84. The molecule has 0 aliphatic carbocycles. The summed E-state index contributed by atoms with van der Waals surface area (Å²) in [6, 6.07) is 5.88. The summed E-state index contributed by atoms with van der Waals surface area (Å²) in [5, 5.41) is 0.599. The Balaban J connectivity index is 2.23. The van der Waals surface area contributed by atoms with Crippen LogP contribution in [0.2, 0.25) is 10.2 Å². The molecule has 0 fully saturated rings. The van der Waals surface area contributed by atoms with Crippen LogP contribution in [0, 0.1) is 5.82 Å². The SMILES string of the molecule is NNC(Cc1ccc(Cl)cc1F)c1ccoc1Cl. The van der Waals surface area contributed by atoms with Crippen molar-refractivity contribution in [1.82, 2.24) is 5.43 Å². The summed E-state index contributed by atoms with van der Waals surface area (Å²) in [5.41, 5.74) is 3.78. The molecule has 0 radical (unpaired) electrons. The zero-order valence-corrected chi connectivity index (χ0v) is 10.8. The molecule has 3 N–H and O–H groups in total. The van der Waals surface area contributed by atoms with E-state index in [9.17, 15) is 4.39 Å². The number of halogens is 3. The number of furan rings is 1. The maximum absolute atomic E-state index is 13.7. The normalized spacial score (nSPS) is 12.7. The van der Waals surface area contributed by atoms with Gasteiger partial charge >= 0.3 is 0 Å². The van der Waals surface area contributed by atoms with Crippen LogP contribution in [0.1, 0.15) is 17.2 Å². The van der Waals surface area contributed by atoms with Gasteiger partial charge in [-0.1, -0.05) is 17.7 Å². The molecular formula is C12H11Cl2FN2O. The lowest BCUT2D eigenvalue weighted by atomic mass is 10.0. The Morgan fingerprint density at radius 1 is 1.33 bits per heavy atom. The topological polar surface area (TPSA) is 51.2 Å². The Hall–Kier alpha value is -1.07. The number of rotatable bonds is 4. The minimum absolute atomic E-state index is 0.243. The van der Waals surface area contributed by atoms with Gasteiger partial charge in [-0.3, -0.25) is 11.3 Å². The summed E-state index contributed by atoms with van der Waals surface area (Å²) in [4.78, 5) is 0. The van der Waals surface area contributed by atoms with Crippen molar-refractivity contribution in [3.05, 3.63) is 57.7 Å². The molecule has 1 unspecified atom stereocenters. The van der Waals surface area contributed by atoms with E-state index in [0.717, 1.165) is 0 Å². The maximum atomic E-state index is 13.7. The summed E-state index contributed by atoms with van der Waals surface area (Å²) in [5.74, 6) is 5.09. The van der Waals surface area contributed by atoms with E-state index in [1.54, 1.807) is 18.2 Å². The molecule has 0 aliphatic rings. The Kier molecular flexibility index (Phi) is 4.24. The number of benzene rings is 1. The second-order valence-electron chi connectivity index (χ2n) is 3.81. The van der Waals surface area contributed by atoms with Crippen molar-refractivity contribution in [3.8, 4) is 0 Å². The quantitative estimate of drug-likeness (QED) is 0.669. The van der Waals surface area contributed by atoms with Crippen molar-refractivity contribution < 1.29 is 8.81 Å². The maximum Gasteiger partial charge on any atom is 0.197 e. The number of hydrazine groups is 1. The van der Waals surface area contributed by atoms with E-state index < -0.39 is 0 Å². The zero-order valence-electron chi connectivity index (χ0n) is 9.29. The predicted molar refractivity (Wildman–Crippen MR) is 68.9 cm³/mol. The lowest BCUT2D eigenvalue weighted by Crippen LogP contribution is -2.29. The van der Waals surface area contributed by atoms with E-state index in [1.807, 2.05) is 0 Å². The van der Waals surface area contributed by atoms with Gasteiger partial charge < -0.3 is 4.42 Å². The molecule has 0 saturated heterocycles. The first-order chi connectivity index (χ1) is 8.61. The van der Waals surface area contributed by atoms with Crippen molar-refractivity contribution in [1.29, 1.82) is 0 Å². The Morgan fingerprint density at radius 3 is 2.67 bits per heavy atom. The monoisotopic (exact) mass is 288 g/mol. The van der Waals surface area contributed by atoms with E-state index >= 15 is 0 Å². The first-order valence-electron chi connectivity index (χ1n) is 5.24. The molecule has 96 valence electrons. The molecule has 2 aromatic rings. The summed E-state index contributed by atoms with van der Waals surface area (Å²) < 4.78 is 18.7. The number of hydrogen-bond donors (Lipinski definition) is 2. The number of nitrogens with two attached hydrogens (primary N) is 1. The van der Waals surface area contributed by atoms with Crippen LogP contribution in [-0.2, 0) is 6.42 Å². The minimum atomic E-state index is -0.373. The van der Waals surface area contributed by atoms with Crippen molar-refractivity contribution in [3.63, 3.8) is 0 Å². The highest BCUT2D eigenvalue weighted by molar-refractivity contribution is 6.30. The Labute approximate surface area is 114 Å². The molecule has 0 spiro atoms. The third-order valence-electron chi connectivity index (χ3n) is 2.66. The molecule has 0 saturated carbocycles. The van der Waals surface area contributed by atoms with E-state index in [2.05, 4.69) is 5.43 Å². The molecule has 18 heavy (non-hydrogen) atoms. The van der Waals surface area contributed by atoms with Crippen LogP contribution >= 0.6 is 23.2 Å². The summed E-state index contributed by atoms with van der Waals surface area (Å²) >= 11 is 11.6. The zero-order chi connectivity index (χ0) is 13.1. The van der Waals surface area contributed by atoms with Gasteiger partial charge in [0, 0.05) is 10.6 Å². The standard InChI is InChI=1S/C12H11Cl2FN2O/c13-8-2-1-7(10(15)6-8)5-11(17-16)9-3-4-18-12(9)14/h1-4,6,11,17H,5,16H2. The van der Waals surface area contributed by atoms with Crippen LogP contribution in [0.25, 0.3) is 0 Å². The lowest BCUT2D eigenvalue weighted by Gasteiger charge is -2.15. The van der Waals surface area contributed by atoms with Crippen LogP contribution in [0.5, 0.6) is 0 Å². The molecule has 1 aromatic carbocycles. The van der Waals surface area contributed by atoms with Gasteiger partial charge in [-0.25, -0.2) is 4.39 Å². The van der Waals surface area contributed by atoms with Crippen LogP contribution < -0.4 is 11.3 Å². The lowest BCUT2D eigenvalue weighted by molar-refractivity contribution is 0.514. The number of hydrogen-bond acceptors (Lipinski definition) is 3. The second kappa shape index (κ2) is 5.71. The van der Waals surface area contributed by atoms with Gasteiger partial charge in [0.2, 0.25) is 0 Å². The summed E-state index contributed by atoms with van der Waals surface area (Å²) in [6.07, 6.45) is 1.80. The van der Waals surface area contributed by atoms with Crippen LogP contribution in [-0.4, -0.2) is 0 Å². The largest absolute Gasteiger partial charge is 0.453 e. The van der Waals surface area contributed by atoms with Gasteiger partial charge in [-0.2, -0.15) is 0 Å². The van der Waals surface area contributed by atoms with E-state index in [4.69, 9.17) is 33.5 Å². The van der Waals surface area contributed by atoms with Gasteiger partial charge in [0.15, 0.2) is 5.22 Å². The highest BCUT2D eigenvalue weighted by Crippen LogP contribution is 2.27. The van der Waals surface area contributed by atoms with Gasteiger partial charge in [-0.05, 0) is 41.8 Å². The van der Waals surface area contributed by atoms with E-state index in [-0.39, 0.29) is 17.1 Å². The Morgan fingerprint density at radius 2 is 2.11 bits per heavy atom. The fraction of sp³-hybridized carbons (Fsp3) is 0.167. The fourth-order valence-corrected chi connectivity index (χ4v) is 2.12. The summed E-state index contributed by atoms with van der Waals surface area (Å²) in [7, 11) is 0. The summed E-state index contributed by atoms with van der Waals surface area (Å²) in [6.45, 7) is 0.